The molecule has 0 amide bonds. The van der Waals surface area contributed by atoms with Gasteiger partial charge < -0.3 is 20.1 Å². The van der Waals surface area contributed by atoms with E-state index in [0.29, 0.717) is 11.4 Å². The van der Waals surface area contributed by atoms with Gasteiger partial charge in [0, 0.05) is 40.3 Å². The van der Waals surface area contributed by atoms with Crippen LogP contribution in [0, 0.1) is 0 Å². The van der Waals surface area contributed by atoms with E-state index in [2.05, 4.69) is 36.6 Å². The van der Waals surface area contributed by atoms with Gasteiger partial charge >= 0.3 is 0 Å². The number of ether oxygens (including phenoxy) is 1. The number of unbranched alkanes of at least 4 members (excludes halogenated alkanes) is 2. The highest BCUT2D eigenvalue weighted by Gasteiger charge is 2.33. The largest absolute Gasteiger partial charge is 0.508 e. The first-order chi connectivity index (χ1) is 18.4. The SMILES string of the molecule is CCCCn1c(-c2cccc(OC)c2)nc(-c2ccccc2)c1CC(N)(CCCC)c1ccc(O)cc1Cl. The Bertz CT molecular complexity index is 1350. The van der Waals surface area contributed by atoms with E-state index in [1.54, 1.807) is 19.2 Å². The van der Waals surface area contributed by atoms with Crippen LogP contribution in [0.5, 0.6) is 11.5 Å². The molecule has 4 rings (SSSR count). The molecule has 0 spiro atoms. The van der Waals surface area contributed by atoms with Crippen LogP contribution < -0.4 is 10.5 Å². The summed E-state index contributed by atoms with van der Waals surface area (Å²) in [6.45, 7) is 5.19. The van der Waals surface area contributed by atoms with Crippen LogP contribution >= 0.6 is 11.6 Å². The van der Waals surface area contributed by atoms with E-state index in [-0.39, 0.29) is 5.75 Å². The number of hydrogen-bond acceptors (Lipinski definition) is 4. The number of imidazole rings is 1. The summed E-state index contributed by atoms with van der Waals surface area (Å²) >= 11 is 6.70. The standard InChI is InChI=1S/C32H38ClN3O2/c1-4-6-18-32(34,27-17-16-25(37)21-28(27)33)22-29-30(23-12-9-8-10-13-23)35-31(36(29)19-7-5-2)24-14-11-15-26(20-24)38-3/h8-17,20-21,37H,4-7,18-19,22,34H2,1-3H3. The molecule has 0 bridgehead atoms. The van der Waals surface area contributed by atoms with Crippen molar-refractivity contribution in [3.05, 3.63) is 89.1 Å². The normalized spacial score (nSPS) is 12.9. The number of methoxy groups -OCH3 is 1. The molecule has 3 N–H and O–H groups in total. The molecule has 4 aromatic rings. The quantitative estimate of drug-likeness (QED) is 0.194. The highest BCUT2D eigenvalue weighted by molar-refractivity contribution is 6.31. The van der Waals surface area contributed by atoms with Gasteiger partial charge in [-0.2, -0.15) is 0 Å². The molecule has 0 radical (unpaired) electrons. The Hall–Kier alpha value is -3.28. The zero-order chi connectivity index (χ0) is 27.1. The van der Waals surface area contributed by atoms with Crippen LogP contribution in [-0.4, -0.2) is 21.8 Å². The Morgan fingerprint density at radius 3 is 2.37 bits per heavy atom. The summed E-state index contributed by atoms with van der Waals surface area (Å²) in [5, 5.41) is 10.5. The van der Waals surface area contributed by atoms with E-state index in [1.807, 2.05) is 42.5 Å². The molecule has 38 heavy (non-hydrogen) atoms. The van der Waals surface area contributed by atoms with Gasteiger partial charge in [-0.1, -0.05) is 93.2 Å². The molecule has 200 valence electrons. The molecular formula is C32H38ClN3O2. The molecule has 0 aliphatic heterocycles. The lowest BCUT2D eigenvalue weighted by Gasteiger charge is -2.32. The van der Waals surface area contributed by atoms with Crippen molar-refractivity contribution >= 4 is 11.6 Å². The molecule has 1 unspecified atom stereocenters. The number of benzene rings is 3. The Morgan fingerprint density at radius 1 is 0.947 bits per heavy atom. The lowest BCUT2D eigenvalue weighted by molar-refractivity contribution is 0.380. The number of phenolic OH excluding ortho intramolecular Hbond substituents is 1. The van der Waals surface area contributed by atoms with Crippen LogP contribution in [0.2, 0.25) is 5.02 Å². The number of nitrogens with two attached hydrogens (primary N) is 1. The summed E-state index contributed by atoms with van der Waals surface area (Å²) in [6, 6.07) is 23.5. The van der Waals surface area contributed by atoms with E-state index >= 15 is 0 Å². The Balaban J connectivity index is 1.95. The van der Waals surface area contributed by atoms with Crippen LogP contribution in [0.1, 0.15) is 57.2 Å². The summed E-state index contributed by atoms with van der Waals surface area (Å²) in [6.07, 6.45) is 5.37. The maximum absolute atomic E-state index is 10.0. The van der Waals surface area contributed by atoms with Crippen molar-refractivity contribution in [1.29, 1.82) is 0 Å². The van der Waals surface area contributed by atoms with Gasteiger partial charge in [0.1, 0.15) is 17.3 Å². The molecule has 1 heterocycles. The van der Waals surface area contributed by atoms with Crippen molar-refractivity contribution < 1.29 is 9.84 Å². The molecule has 0 saturated heterocycles. The number of phenols is 1. The predicted molar refractivity (Wildman–Crippen MR) is 157 cm³/mol. The summed E-state index contributed by atoms with van der Waals surface area (Å²) in [5.41, 5.74) is 11.5. The first-order valence-corrected chi connectivity index (χ1v) is 13.8. The molecule has 1 aromatic heterocycles. The van der Waals surface area contributed by atoms with Crippen molar-refractivity contribution in [2.45, 2.75) is 64.5 Å². The molecule has 0 aliphatic carbocycles. The second kappa shape index (κ2) is 12.5. The maximum Gasteiger partial charge on any atom is 0.141 e. The molecular weight excluding hydrogens is 494 g/mol. The average molecular weight is 532 g/mol. The topological polar surface area (TPSA) is 73.3 Å². The minimum Gasteiger partial charge on any atom is -0.508 e. The summed E-state index contributed by atoms with van der Waals surface area (Å²) < 4.78 is 7.87. The monoisotopic (exact) mass is 531 g/mol. The van der Waals surface area contributed by atoms with E-state index in [0.717, 1.165) is 78.3 Å². The fourth-order valence-electron chi connectivity index (χ4n) is 5.05. The smallest absolute Gasteiger partial charge is 0.141 e. The molecule has 0 saturated carbocycles. The third kappa shape index (κ3) is 6.06. The average Bonchev–Trinajstić information content (AvgIpc) is 3.28. The van der Waals surface area contributed by atoms with Crippen molar-refractivity contribution in [2.24, 2.45) is 5.73 Å². The Kier molecular flexibility index (Phi) is 9.13. The molecule has 0 aliphatic rings. The minimum atomic E-state index is -0.736. The number of nitrogens with zero attached hydrogens (tertiary/aromatic N) is 2. The highest BCUT2D eigenvalue weighted by Crippen LogP contribution is 2.39. The maximum atomic E-state index is 10.0. The van der Waals surface area contributed by atoms with Crippen molar-refractivity contribution in [2.75, 3.05) is 7.11 Å². The number of aromatic hydroxyl groups is 1. The van der Waals surface area contributed by atoms with Crippen LogP contribution in [0.4, 0.5) is 0 Å². The van der Waals surface area contributed by atoms with E-state index in [1.165, 1.54) is 0 Å². The number of hydrogen-bond donors (Lipinski definition) is 2. The summed E-state index contributed by atoms with van der Waals surface area (Å²) in [7, 11) is 1.68. The van der Waals surface area contributed by atoms with Gasteiger partial charge in [-0.05, 0) is 42.7 Å². The summed E-state index contributed by atoms with van der Waals surface area (Å²) in [4.78, 5) is 5.25. The zero-order valence-electron chi connectivity index (χ0n) is 22.6. The first-order valence-electron chi connectivity index (χ1n) is 13.5. The van der Waals surface area contributed by atoms with Gasteiger partial charge in [-0.25, -0.2) is 4.98 Å². The lowest BCUT2D eigenvalue weighted by atomic mass is 9.81. The van der Waals surface area contributed by atoms with Crippen LogP contribution in [0.3, 0.4) is 0 Å². The fraction of sp³-hybridized carbons (Fsp3) is 0.344. The molecule has 3 aromatic carbocycles. The van der Waals surface area contributed by atoms with Crippen LogP contribution in [0.25, 0.3) is 22.6 Å². The third-order valence-electron chi connectivity index (χ3n) is 7.13. The minimum absolute atomic E-state index is 0.134. The second-order valence-corrected chi connectivity index (χ2v) is 10.3. The van der Waals surface area contributed by atoms with Crippen molar-refractivity contribution in [3.8, 4) is 34.1 Å². The van der Waals surface area contributed by atoms with Crippen LogP contribution in [-0.2, 0) is 18.5 Å². The van der Waals surface area contributed by atoms with Crippen molar-refractivity contribution in [1.82, 2.24) is 9.55 Å². The number of aromatic nitrogens is 2. The Labute approximate surface area is 231 Å². The van der Waals surface area contributed by atoms with E-state index in [9.17, 15) is 5.11 Å². The lowest BCUT2D eigenvalue weighted by Crippen LogP contribution is -2.40. The van der Waals surface area contributed by atoms with Gasteiger partial charge in [0.2, 0.25) is 0 Å². The van der Waals surface area contributed by atoms with Crippen LogP contribution in [0.15, 0.2) is 72.8 Å². The first kappa shape index (κ1) is 27.7. The van der Waals surface area contributed by atoms with Gasteiger partial charge in [0.25, 0.3) is 0 Å². The third-order valence-corrected chi connectivity index (χ3v) is 7.44. The second-order valence-electron chi connectivity index (χ2n) is 9.93. The Morgan fingerprint density at radius 2 is 1.68 bits per heavy atom. The van der Waals surface area contributed by atoms with Gasteiger partial charge in [0.15, 0.2) is 0 Å². The molecule has 5 nitrogen and oxygen atoms in total. The highest BCUT2D eigenvalue weighted by atomic mass is 35.5. The van der Waals surface area contributed by atoms with E-state index < -0.39 is 5.54 Å². The zero-order valence-corrected chi connectivity index (χ0v) is 23.3. The van der Waals surface area contributed by atoms with Crippen molar-refractivity contribution in [3.63, 3.8) is 0 Å². The molecule has 0 fully saturated rings. The number of halogens is 1. The van der Waals surface area contributed by atoms with Gasteiger partial charge in [-0.3, -0.25) is 0 Å². The van der Waals surface area contributed by atoms with E-state index in [4.69, 9.17) is 27.1 Å². The van der Waals surface area contributed by atoms with Gasteiger partial charge in [0.05, 0.1) is 12.8 Å². The fourth-order valence-corrected chi connectivity index (χ4v) is 5.41. The predicted octanol–water partition coefficient (Wildman–Crippen LogP) is 7.97. The van der Waals surface area contributed by atoms with Gasteiger partial charge in [-0.15, -0.1) is 0 Å². The number of rotatable bonds is 12. The molecule has 6 heteroatoms. The summed E-state index contributed by atoms with van der Waals surface area (Å²) in [5.74, 6) is 1.83. The molecule has 1 atom stereocenters.